The van der Waals surface area contributed by atoms with Crippen LogP contribution in [-0.2, 0) is 4.74 Å². The quantitative estimate of drug-likeness (QED) is 0.837. The van der Waals surface area contributed by atoms with Gasteiger partial charge in [-0.25, -0.2) is 14.8 Å². The first-order chi connectivity index (χ1) is 11.6. The van der Waals surface area contributed by atoms with Crippen molar-refractivity contribution in [2.75, 3.05) is 18.4 Å². The number of aromatic nitrogens is 2. The van der Waals surface area contributed by atoms with Gasteiger partial charge in [0, 0.05) is 24.2 Å². The number of hydrogen-bond acceptors (Lipinski definition) is 5. The van der Waals surface area contributed by atoms with Gasteiger partial charge >= 0.3 is 6.09 Å². The van der Waals surface area contributed by atoms with Crippen molar-refractivity contribution in [1.29, 1.82) is 0 Å². The van der Waals surface area contributed by atoms with Gasteiger partial charge < -0.3 is 9.64 Å². The minimum Gasteiger partial charge on any atom is -0.444 e. The van der Waals surface area contributed by atoms with Gasteiger partial charge in [0.1, 0.15) is 5.60 Å². The highest BCUT2D eigenvalue weighted by Crippen LogP contribution is 2.25. The molecule has 1 aromatic rings. The Labute approximate surface area is 156 Å². The summed E-state index contributed by atoms with van der Waals surface area (Å²) in [6, 6.07) is 0. The summed E-state index contributed by atoms with van der Waals surface area (Å²) in [6.45, 7) is 7.67. The maximum absolute atomic E-state index is 12.6. The van der Waals surface area contributed by atoms with Crippen LogP contribution in [0.3, 0.4) is 0 Å². The van der Waals surface area contributed by atoms with Gasteiger partial charge in [-0.05, 0) is 27.7 Å². The van der Waals surface area contributed by atoms with Crippen LogP contribution < -0.4 is 5.32 Å². The predicted molar refractivity (Wildman–Crippen MR) is 95.9 cm³/mol. The van der Waals surface area contributed by atoms with Gasteiger partial charge in [0.25, 0.3) is 5.91 Å². The number of carbonyl (C=O) groups is 2. The van der Waals surface area contributed by atoms with Crippen LogP contribution >= 0.6 is 23.2 Å². The lowest BCUT2D eigenvalue weighted by Crippen LogP contribution is -2.36. The molecule has 2 heterocycles. The number of nitrogens with zero attached hydrogens (tertiary/aromatic N) is 3. The van der Waals surface area contributed by atoms with E-state index in [1.54, 1.807) is 32.6 Å². The van der Waals surface area contributed by atoms with Crippen molar-refractivity contribution in [3.05, 3.63) is 27.5 Å². The second-order valence-corrected chi connectivity index (χ2v) is 7.52. The van der Waals surface area contributed by atoms with Crippen LogP contribution in [0, 0.1) is 6.92 Å². The molecule has 2 amide bonds. The van der Waals surface area contributed by atoms with E-state index in [1.165, 1.54) is 6.20 Å². The van der Waals surface area contributed by atoms with E-state index < -0.39 is 11.7 Å². The lowest BCUT2D eigenvalue weighted by molar-refractivity contribution is 0.0634. The first-order valence-corrected chi connectivity index (χ1v) is 8.48. The topological polar surface area (TPSA) is 84.4 Å². The number of anilines is 1. The summed E-state index contributed by atoms with van der Waals surface area (Å²) >= 11 is 12.0. The molecule has 2 rings (SSSR count). The molecule has 0 fully saturated rings. The van der Waals surface area contributed by atoms with Crippen molar-refractivity contribution >= 4 is 41.2 Å². The molecule has 0 aliphatic carbocycles. The fourth-order valence-electron chi connectivity index (χ4n) is 2.18. The number of halogens is 2. The molecule has 0 aromatic carbocycles. The SMILES string of the molecule is Cc1nc(NC(=O)OC(C)(C)C)ncc1C(=O)N1CCC(Cl)=C(Cl)C1. The van der Waals surface area contributed by atoms with E-state index in [4.69, 9.17) is 27.9 Å². The molecule has 0 saturated carbocycles. The van der Waals surface area contributed by atoms with E-state index in [9.17, 15) is 9.59 Å². The zero-order valence-electron chi connectivity index (χ0n) is 14.5. The van der Waals surface area contributed by atoms with Crippen LogP contribution in [-0.4, -0.2) is 45.6 Å². The fraction of sp³-hybridized carbons (Fsp3) is 0.500. The summed E-state index contributed by atoms with van der Waals surface area (Å²) in [5.41, 5.74) is 0.164. The molecule has 1 aliphatic heterocycles. The average molecular weight is 387 g/mol. The Morgan fingerprint density at radius 1 is 1.28 bits per heavy atom. The van der Waals surface area contributed by atoms with Crippen LogP contribution in [0.15, 0.2) is 16.3 Å². The Balaban J connectivity index is 2.09. The van der Waals surface area contributed by atoms with Crippen LogP contribution in [0.2, 0.25) is 0 Å². The van der Waals surface area contributed by atoms with Crippen LogP contribution in [0.1, 0.15) is 43.2 Å². The zero-order valence-corrected chi connectivity index (χ0v) is 16.0. The third-order valence-corrected chi connectivity index (χ3v) is 4.20. The number of ether oxygens (including phenoxy) is 1. The molecule has 136 valence electrons. The van der Waals surface area contributed by atoms with Crippen molar-refractivity contribution < 1.29 is 14.3 Å². The molecule has 0 spiro atoms. The third-order valence-electron chi connectivity index (χ3n) is 3.33. The van der Waals surface area contributed by atoms with Crippen molar-refractivity contribution in [2.24, 2.45) is 0 Å². The highest BCUT2D eigenvalue weighted by molar-refractivity contribution is 6.39. The molecule has 9 heteroatoms. The van der Waals surface area contributed by atoms with Crippen LogP contribution in [0.5, 0.6) is 0 Å². The number of aryl methyl sites for hydroxylation is 1. The Hall–Kier alpha value is -1.86. The molecule has 1 aliphatic rings. The van der Waals surface area contributed by atoms with E-state index in [0.717, 1.165) is 0 Å². The van der Waals surface area contributed by atoms with Crippen LogP contribution in [0.4, 0.5) is 10.7 Å². The molecule has 1 N–H and O–H groups in total. The Kier molecular flexibility index (Phi) is 5.90. The summed E-state index contributed by atoms with van der Waals surface area (Å²) in [6.07, 6.45) is 1.24. The van der Waals surface area contributed by atoms with E-state index >= 15 is 0 Å². The smallest absolute Gasteiger partial charge is 0.414 e. The second-order valence-electron chi connectivity index (χ2n) is 6.61. The van der Waals surface area contributed by atoms with Gasteiger partial charge in [-0.3, -0.25) is 10.1 Å². The monoisotopic (exact) mass is 386 g/mol. The predicted octanol–water partition coefficient (Wildman–Crippen LogP) is 3.67. The van der Waals surface area contributed by atoms with Crippen LogP contribution in [0.25, 0.3) is 0 Å². The number of amides is 2. The Morgan fingerprint density at radius 3 is 2.52 bits per heavy atom. The first kappa shape index (κ1) is 19.5. The highest BCUT2D eigenvalue weighted by Gasteiger charge is 2.24. The minimum atomic E-state index is -0.659. The molecule has 0 atom stereocenters. The van der Waals surface area contributed by atoms with E-state index in [1.807, 2.05) is 0 Å². The summed E-state index contributed by atoms with van der Waals surface area (Å²) in [7, 11) is 0. The Bertz CT molecular complexity index is 729. The molecule has 0 unspecified atom stereocenters. The molecule has 7 nitrogen and oxygen atoms in total. The van der Waals surface area contributed by atoms with E-state index in [2.05, 4.69) is 15.3 Å². The third kappa shape index (κ3) is 5.31. The lowest BCUT2D eigenvalue weighted by Gasteiger charge is -2.27. The van der Waals surface area contributed by atoms with E-state index in [0.29, 0.717) is 34.3 Å². The molecule has 0 radical (unpaired) electrons. The van der Waals surface area contributed by atoms with Gasteiger partial charge in [-0.15, -0.1) is 0 Å². The zero-order chi connectivity index (χ0) is 18.8. The van der Waals surface area contributed by atoms with Gasteiger partial charge in [-0.1, -0.05) is 23.2 Å². The fourth-order valence-corrected chi connectivity index (χ4v) is 2.56. The number of nitrogens with one attached hydrogen (secondary N) is 1. The maximum atomic E-state index is 12.6. The normalized spacial score (nSPS) is 15.2. The number of hydrogen-bond donors (Lipinski definition) is 1. The lowest BCUT2D eigenvalue weighted by atomic mass is 10.1. The standard InChI is InChI=1S/C16H20Cl2N4O3/c1-9-10(13(23)22-6-5-11(17)12(18)8-22)7-19-14(20-9)21-15(24)25-16(2,3)4/h7H,5-6,8H2,1-4H3,(H,19,20,21,24). The van der Waals surface area contributed by atoms with E-state index in [-0.39, 0.29) is 18.4 Å². The molecule has 0 saturated heterocycles. The average Bonchev–Trinajstić information content (AvgIpc) is 2.47. The maximum Gasteiger partial charge on any atom is 0.414 e. The molecular formula is C16H20Cl2N4O3. The molecule has 1 aromatic heterocycles. The highest BCUT2D eigenvalue weighted by atomic mass is 35.5. The second kappa shape index (κ2) is 7.58. The van der Waals surface area contributed by atoms with Gasteiger partial charge in [-0.2, -0.15) is 0 Å². The molecule has 0 bridgehead atoms. The number of carbonyl (C=O) groups excluding carboxylic acids is 2. The number of rotatable bonds is 2. The first-order valence-electron chi connectivity index (χ1n) is 7.73. The van der Waals surface area contributed by atoms with Crippen molar-refractivity contribution in [3.8, 4) is 0 Å². The van der Waals surface area contributed by atoms with Gasteiger partial charge in [0.05, 0.1) is 22.8 Å². The van der Waals surface area contributed by atoms with Gasteiger partial charge in [0.2, 0.25) is 5.95 Å². The van der Waals surface area contributed by atoms with Crippen molar-refractivity contribution in [2.45, 2.75) is 39.7 Å². The largest absolute Gasteiger partial charge is 0.444 e. The Morgan fingerprint density at radius 2 is 1.96 bits per heavy atom. The summed E-state index contributed by atoms with van der Waals surface area (Å²) < 4.78 is 5.14. The van der Waals surface area contributed by atoms with Crippen molar-refractivity contribution in [1.82, 2.24) is 14.9 Å². The molecular weight excluding hydrogens is 367 g/mol. The summed E-state index contributed by atoms with van der Waals surface area (Å²) in [5, 5.41) is 3.48. The molecule has 25 heavy (non-hydrogen) atoms. The summed E-state index contributed by atoms with van der Waals surface area (Å²) in [4.78, 5) is 34.1. The van der Waals surface area contributed by atoms with Gasteiger partial charge in [0.15, 0.2) is 0 Å². The minimum absolute atomic E-state index is 0.0721. The summed E-state index contributed by atoms with van der Waals surface area (Å²) in [5.74, 6) is -0.161. The van der Waals surface area contributed by atoms with Crippen molar-refractivity contribution in [3.63, 3.8) is 0 Å².